The van der Waals surface area contributed by atoms with Crippen LogP contribution in [0.25, 0.3) is 0 Å². The maximum atomic E-state index is 14.7. The molecule has 4 aliphatic rings. The molecule has 1 heterocycles. The Morgan fingerprint density at radius 3 is 2.04 bits per heavy atom. The number of rotatable bonds is 8. The number of esters is 2. The van der Waals surface area contributed by atoms with Gasteiger partial charge in [0.15, 0.2) is 11.9 Å². The number of carbonyl (C=O) groups is 4. The van der Waals surface area contributed by atoms with E-state index in [-0.39, 0.29) is 123 Å². The van der Waals surface area contributed by atoms with E-state index in [1.54, 1.807) is 76.2 Å². The van der Waals surface area contributed by atoms with Crippen LogP contribution in [-0.4, -0.2) is 110 Å². The molecule has 2 aromatic rings. The third-order valence-electron chi connectivity index (χ3n) is 12.3. The topological polar surface area (TPSA) is 209 Å². The molecule has 1 saturated heterocycles. The van der Waals surface area contributed by atoms with E-state index in [4.69, 9.17) is 14.2 Å². The van der Waals surface area contributed by atoms with Crippen molar-refractivity contribution in [3.05, 3.63) is 94.6 Å². The number of hydrogen-bond acceptors (Lipinski definition) is 12. The number of carbonyl (C=O) groups excluding carboxylic acids is 4. The molecule has 2 aromatic carbocycles. The molecule has 2 radical (unpaired) electrons. The van der Waals surface area contributed by atoms with E-state index in [2.05, 4.69) is 5.32 Å². The predicted molar refractivity (Wildman–Crippen MR) is 193 cm³/mol. The summed E-state index contributed by atoms with van der Waals surface area (Å²) in [6, 6.07) is 14.9. The fourth-order valence-electron chi connectivity index (χ4n) is 9.13. The van der Waals surface area contributed by atoms with E-state index in [1.807, 2.05) is 0 Å². The van der Waals surface area contributed by atoms with Gasteiger partial charge in [-0.05, 0) is 63.1 Å². The van der Waals surface area contributed by atoms with Gasteiger partial charge in [-0.3, -0.25) is 9.59 Å². The van der Waals surface area contributed by atoms with Crippen molar-refractivity contribution in [1.29, 1.82) is 0 Å². The molecule has 6 N–H and O–H groups in total. The summed E-state index contributed by atoms with van der Waals surface area (Å²) in [5, 5.41) is 63.1. The fourth-order valence-corrected chi connectivity index (χ4v) is 9.13. The van der Waals surface area contributed by atoms with Gasteiger partial charge in [-0.15, -0.1) is 0 Å². The molecule has 2 bridgehead atoms. The van der Waals surface area contributed by atoms with Gasteiger partial charge >= 0.3 is 11.9 Å². The first-order valence-electron chi connectivity index (χ1n) is 18.1. The number of ketones is 1. The second-order valence-corrected chi connectivity index (χ2v) is 16.1. The molecule has 2 saturated carbocycles. The van der Waals surface area contributed by atoms with E-state index >= 15 is 0 Å². The van der Waals surface area contributed by atoms with Gasteiger partial charge in [0, 0.05) is 118 Å². The molecule has 3 fully saturated rings. The van der Waals surface area contributed by atoms with Crippen LogP contribution in [-0.2, 0) is 23.8 Å². The van der Waals surface area contributed by atoms with Crippen LogP contribution >= 0.6 is 0 Å². The van der Waals surface area contributed by atoms with Crippen molar-refractivity contribution in [1.82, 2.24) is 5.32 Å². The fraction of sp³-hybridized carbons (Fsp3) is 0.512. The SMILES string of the molecule is CC(C)=C[C@H](NC(=O)c1ccccc1)[C@@H](O)C(=O)OC1C[C@@]2(O)[C@@H](OC(=O)c3ccccc3)[C@@H]3[C@]4(O)CO[C@@H]4C[C@H](O)[C@@]3(C)C(=O)[C@H](O)C(=C1C)C2(C)C.[Ac].[Ac]. The second-order valence-electron chi connectivity index (χ2n) is 16.1. The molecule has 0 spiro atoms. The summed E-state index contributed by atoms with van der Waals surface area (Å²) in [4.78, 5) is 55.5. The molecule has 6 rings (SSSR count). The number of aliphatic hydroxyl groups is 5. The molecule has 13 nitrogen and oxygen atoms in total. The third-order valence-corrected chi connectivity index (χ3v) is 12.3. The molecule has 15 heteroatoms. The first-order valence-corrected chi connectivity index (χ1v) is 18.1. The standard InChI is InChI=1S/C41H49NO12.2Ac/c1-21(2)17-25(42-35(47)23-13-9-7-10-14-23)30(44)37(49)53-26-19-41(51)34(54-36(48)24-15-11-8-12-16-24)32-39(6,27(43)18-28-40(32,50)20-52-28)33(46)31(45)29(22(26)3)38(41,4)5;;/h7-17,25-28,30-32,34,43-45,50-51H,18-20H2,1-6H3,(H,42,47);;/t25-,26?,27-,28+,30+,31+,32-,34-,39+,40-,41+;;/m0../s1. The van der Waals surface area contributed by atoms with Gasteiger partial charge in [0.25, 0.3) is 5.91 Å². The van der Waals surface area contributed by atoms with Crippen LogP contribution in [0, 0.1) is 105 Å². The zero-order valence-corrected chi connectivity index (χ0v) is 41.8. The Labute approximate surface area is 397 Å². The molecular formula is C41H49Ac2NO12. The van der Waals surface area contributed by atoms with Gasteiger partial charge < -0.3 is 45.1 Å². The summed E-state index contributed by atoms with van der Waals surface area (Å²) >= 11 is 0. The number of amides is 1. The maximum absolute atomic E-state index is 14.7. The van der Waals surface area contributed by atoms with Crippen LogP contribution in [0.15, 0.2) is 83.5 Å². The number of fused-ring (bicyclic) bond motifs is 5. The predicted octanol–water partition coefficient (Wildman–Crippen LogP) is 2.19. The number of allylic oxidation sites excluding steroid dienone is 1. The van der Waals surface area contributed by atoms with Crippen molar-refractivity contribution in [2.24, 2.45) is 16.7 Å². The second kappa shape index (κ2) is 17.7. The summed E-state index contributed by atoms with van der Waals surface area (Å²) < 4.78 is 17.8. The van der Waals surface area contributed by atoms with E-state index in [1.165, 1.54) is 32.1 Å². The van der Waals surface area contributed by atoms with Gasteiger partial charge in [0.1, 0.15) is 29.5 Å². The van der Waals surface area contributed by atoms with Crippen LogP contribution in [0.2, 0.25) is 0 Å². The number of benzene rings is 2. The molecule has 3 aliphatic carbocycles. The van der Waals surface area contributed by atoms with Gasteiger partial charge in [-0.1, -0.05) is 61.9 Å². The van der Waals surface area contributed by atoms with Gasteiger partial charge in [0.2, 0.25) is 0 Å². The Morgan fingerprint density at radius 1 is 0.929 bits per heavy atom. The first kappa shape index (κ1) is 47.3. The van der Waals surface area contributed by atoms with Crippen molar-refractivity contribution >= 4 is 23.6 Å². The summed E-state index contributed by atoms with van der Waals surface area (Å²) in [5.41, 5.74) is -6.48. The summed E-state index contributed by atoms with van der Waals surface area (Å²) in [6.45, 7) is 9.16. The van der Waals surface area contributed by atoms with Crippen LogP contribution < -0.4 is 5.32 Å². The van der Waals surface area contributed by atoms with Crippen molar-refractivity contribution in [2.75, 3.05) is 6.61 Å². The summed E-state index contributed by atoms with van der Waals surface area (Å²) in [7, 11) is 0. The number of aliphatic hydroxyl groups excluding tert-OH is 3. The minimum absolute atomic E-state index is 0. The Kier molecular flexibility index (Phi) is 15.0. The molecule has 0 aromatic heterocycles. The zero-order valence-electron chi connectivity index (χ0n) is 32.3. The largest absolute Gasteiger partial charge is 0.456 e. The van der Waals surface area contributed by atoms with Crippen LogP contribution in [0.4, 0.5) is 0 Å². The quantitative estimate of drug-likeness (QED) is 0.166. The molecule has 11 atom stereocenters. The summed E-state index contributed by atoms with van der Waals surface area (Å²) in [6.07, 6.45) is -8.66. The maximum Gasteiger partial charge on any atom is 0.338 e. The van der Waals surface area contributed by atoms with E-state index in [9.17, 15) is 44.7 Å². The molecule has 296 valence electrons. The zero-order chi connectivity index (χ0) is 39.5. The average molecular weight is 1200 g/mol. The molecule has 1 aliphatic heterocycles. The molecule has 1 amide bonds. The van der Waals surface area contributed by atoms with Crippen LogP contribution in [0.3, 0.4) is 0 Å². The summed E-state index contributed by atoms with van der Waals surface area (Å²) in [5.74, 6) is -5.03. The van der Waals surface area contributed by atoms with Crippen LogP contribution in [0.1, 0.15) is 75.1 Å². The molecule has 1 unspecified atom stereocenters. The molecular weight excluding hydrogens is 1150 g/mol. The Bertz CT molecular complexity index is 1880. The van der Waals surface area contributed by atoms with Crippen molar-refractivity contribution in [3.8, 4) is 0 Å². The average Bonchev–Trinajstić information content (AvgIpc) is 3.13. The Hall–Kier alpha value is -1.36. The normalized spacial score (nSPS) is 33.8. The van der Waals surface area contributed by atoms with Gasteiger partial charge in [-0.2, -0.15) is 0 Å². The first-order chi connectivity index (χ1) is 25.3. The number of Topliss-reactive ketones (excluding diaryl/α,β-unsaturated/α-hetero) is 1. The van der Waals surface area contributed by atoms with Crippen molar-refractivity contribution < 1.29 is 147 Å². The molecule has 56 heavy (non-hydrogen) atoms. The van der Waals surface area contributed by atoms with Crippen LogP contribution in [0.5, 0.6) is 0 Å². The minimum atomic E-state index is -2.29. The monoisotopic (exact) mass is 1200 g/mol. The number of ether oxygens (including phenoxy) is 3. The van der Waals surface area contributed by atoms with Crippen molar-refractivity contribution in [2.45, 2.75) is 108 Å². The minimum Gasteiger partial charge on any atom is -0.456 e. The Morgan fingerprint density at radius 2 is 1.50 bits per heavy atom. The third kappa shape index (κ3) is 7.98. The smallest absolute Gasteiger partial charge is 0.338 e. The number of nitrogens with one attached hydrogen (secondary N) is 1. The Balaban J connectivity index is 0.00000348. The number of hydrogen-bond donors (Lipinski definition) is 6. The van der Waals surface area contributed by atoms with Gasteiger partial charge in [-0.25, -0.2) is 9.59 Å². The van der Waals surface area contributed by atoms with E-state index < -0.39 is 101 Å². The van der Waals surface area contributed by atoms with E-state index in [0.29, 0.717) is 5.57 Å². The van der Waals surface area contributed by atoms with E-state index in [0.717, 1.165) is 0 Å². The van der Waals surface area contributed by atoms with Crippen molar-refractivity contribution in [3.63, 3.8) is 0 Å². The van der Waals surface area contributed by atoms with Gasteiger partial charge in [0.05, 0.1) is 35.8 Å².